The third kappa shape index (κ3) is 6.45. The van der Waals surface area contributed by atoms with Crippen molar-refractivity contribution in [3.8, 4) is 5.75 Å². The maximum atomic E-state index is 5.97. The first-order valence-corrected chi connectivity index (χ1v) is 6.48. The molecule has 20 heavy (non-hydrogen) atoms. The minimum absolute atomic E-state index is 0. The van der Waals surface area contributed by atoms with E-state index < -0.39 is 0 Å². The van der Waals surface area contributed by atoms with Crippen LogP contribution < -0.4 is 10.1 Å². The first-order chi connectivity index (χ1) is 8.83. The number of hydrogen-bond acceptors (Lipinski definition) is 2. The third-order valence-electron chi connectivity index (χ3n) is 2.46. The van der Waals surface area contributed by atoms with E-state index >= 15 is 0 Å². The lowest BCUT2D eigenvalue weighted by Crippen LogP contribution is -2.36. The summed E-state index contributed by atoms with van der Waals surface area (Å²) in [4.78, 5) is 6.15. The molecule has 0 aromatic heterocycles. The van der Waals surface area contributed by atoms with E-state index in [1.807, 2.05) is 37.2 Å². The Morgan fingerprint density at radius 3 is 2.35 bits per heavy atom. The molecule has 0 saturated heterocycles. The highest BCUT2D eigenvalue weighted by atomic mass is 127. The average molecular weight is 391 g/mol. The second-order valence-corrected chi connectivity index (χ2v) is 5.62. The Hall–Kier alpha value is -0.980. The summed E-state index contributed by atoms with van der Waals surface area (Å²) in [5.74, 6) is 1.77. The first kappa shape index (κ1) is 19.0. The van der Waals surface area contributed by atoms with Gasteiger partial charge in [-0.3, -0.25) is 4.99 Å². The van der Waals surface area contributed by atoms with Gasteiger partial charge in [0.25, 0.3) is 0 Å². The lowest BCUT2D eigenvalue weighted by molar-refractivity contribution is 0.129. The molecule has 0 amide bonds. The Balaban J connectivity index is 0.00000361. The molecule has 1 N–H and O–H groups in total. The zero-order valence-electron chi connectivity index (χ0n) is 13.2. The zero-order chi connectivity index (χ0) is 14.5. The minimum atomic E-state index is -0.195. The van der Waals surface area contributed by atoms with E-state index in [4.69, 9.17) is 4.74 Å². The molecule has 0 radical (unpaired) electrons. The highest BCUT2D eigenvalue weighted by Crippen LogP contribution is 2.22. The Kier molecular flexibility index (Phi) is 7.93. The van der Waals surface area contributed by atoms with Crippen LogP contribution in [0.4, 0.5) is 0 Å². The third-order valence-corrected chi connectivity index (χ3v) is 2.46. The molecular weight excluding hydrogens is 365 g/mol. The fourth-order valence-electron chi connectivity index (χ4n) is 1.69. The Bertz CT molecular complexity index is 439. The van der Waals surface area contributed by atoms with E-state index in [-0.39, 0.29) is 29.6 Å². The molecule has 0 atom stereocenters. The smallest absolute Gasteiger partial charge is 0.193 e. The van der Waals surface area contributed by atoms with Crippen molar-refractivity contribution >= 4 is 29.9 Å². The molecule has 0 spiro atoms. The maximum absolute atomic E-state index is 5.97. The Labute approximate surface area is 139 Å². The highest BCUT2D eigenvalue weighted by Gasteiger charge is 2.14. The Morgan fingerprint density at radius 2 is 1.85 bits per heavy atom. The maximum Gasteiger partial charge on any atom is 0.193 e. The van der Waals surface area contributed by atoms with Crippen molar-refractivity contribution < 1.29 is 4.74 Å². The summed E-state index contributed by atoms with van der Waals surface area (Å²) in [6, 6.07) is 8.08. The second kappa shape index (κ2) is 8.34. The second-order valence-electron chi connectivity index (χ2n) is 5.62. The first-order valence-electron chi connectivity index (χ1n) is 6.48. The summed E-state index contributed by atoms with van der Waals surface area (Å²) < 4.78 is 5.97. The van der Waals surface area contributed by atoms with Gasteiger partial charge in [0.2, 0.25) is 0 Å². The van der Waals surface area contributed by atoms with Gasteiger partial charge < -0.3 is 15.0 Å². The summed E-state index contributed by atoms with van der Waals surface area (Å²) in [6.45, 7) is 6.85. The van der Waals surface area contributed by atoms with E-state index in [0.717, 1.165) is 17.3 Å². The number of benzene rings is 1. The number of hydrogen-bond donors (Lipinski definition) is 1. The van der Waals surface area contributed by atoms with Crippen molar-refractivity contribution in [1.29, 1.82) is 0 Å². The summed E-state index contributed by atoms with van der Waals surface area (Å²) in [5.41, 5.74) is 0.930. The van der Waals surface area contributed by atoms with Gasteiger partial charge in [-0.25, -0.2) is 0 Å². The van der Waals surface area contributed by atoms with Crippen LogP contribution in [0.1, 0.15) is 26.3 Å². The molecule has 0 aliphatic carbocycles. The number of ether oxygens (including phenoxy) is 1. The van der Waals surface area contributed by atoms with E-state index in [9.17, 15) is 0 Å². The molecule has 4 nitrogen and oxygen atoms in total. The largest absolute Gasteiger partial charge is 0.488 e. The lowest BCUT2D eigenvalue weighted by atomic mass is 10.1. The van der Waals surface area contributed by atoms with Gasteiger partial charge in [-0.1, -0.05) is 18.2 Å². The standard InChI is InChI=1S/C15H25N3O.HI/c1-15(2,3)19-13-10-8-7-9-12(13)11-17-14(16-4)18(5)6;/h7-10H,11H2,1-6H3,(H,16,17);1H. The predicted molar refractivity (Wildman–Crippen MR) is 96.1 cm³/mol. The molecule has 1 aromatic carbocycles. The molecule has 0 unspecified atom stereocenters. The number of aliphatic imine (C=N–C) groups is 1. The number of para-hydroxylation sites is 1. The number of nitrogens with zero attached hydrogens (tertiary/aromatic N) is 2. The van der Waals surface area contributed by atoms with Gasteiger partial charge in [-0.05, 0) is 26.8 Å². The van der Waals surface area contributed by atoms with Crippen LogP contribution in [-0.4, -0.2) is 37.6 Å². The van der Waals surface area contributed by atoms with Crippen molar-refractivity contribution in [3.63, 3.8) is 0 Å². The van der Waals surface area contributed by atoms with Crippen molar-refractivity contribution in [2.45, 2.75) is 32.9 Å². The van der Waals surface area contributed by atoms with Crippen LogP contribution in [0.2, 0.25) is 0 Å². The van der Waals surface area contributed by atoms with E-state index in [0.29, 0.717) is 6.54 Å². The summed E-state index contributed by atoms with van der Waals surface area (Å²) in [6.07, 6.45) is 0. The van der Waals surface area contributed by atoms with Crippen molar-refractivity contribution in [3.05, 3.63) is 29.8 Å². The van der Waals surface area contributed by atoms with Gasteiger partial charge >= 0.3 is 0 Å². The molecule has 0 aliphatic heterocycles. The van der Waals surface area contributed by atoms with E-state index in [2.05, 4.69) is 37.1 Å². The molecule has 0 aliphatic rings. The SMILES string of the molecule is CN=C(NCc1ccccc1OC(C)(C)C)N(C)C.I. The van der Waals surface area contributed by atoms with Crippen LogP contribution in [0.15, 0.2) is 29.3 Å². The number of guanidine groups is 1. The van der Waals surface area contributed by atoms with Crippen LogP contribution in [0.25, 0.3) is 0 Å². The van der Waals surface area contributed by atoms with Crippen LogP contribution in [0.3, 0.4) is 0 Å². The van der Waals surface area contributed by atoms with Gasteiger partial charge in [0.05, 0.1) is 0 Å². The lowest BCUT2D eigenvalue weighted by Gasteiger charge is -2.24. The van der Waals surface area contributed by atoms with Crippen LogP contribution in [0.5, 0.6) is 5.75 Å². The van der Waals surface area contributed by atoms with Crippen molar-refractivity contribution in [1.82, 2.24) is 10.2 Å². The van der Waals surface area contributed by atoms with Gasteiger partial charge in [-0.15, -0.1) is 24.0 Å². The van der Waals surface area contributed by atoms with E-state index in [1.165, 1.54) is 0 Å². The summed E-state index contributed by atoms with van der Waals surface area (Å²) in [7, 11) is 5.71. The van der Waals surface area contributed by atoms with Gasteiger partial charge in [0, 0.05) is 33.3 Å². The molecule has 0 heterocycles. The van der Waals surface area contributed by atoms with Gasteiger partial charge in [0.15, 0.2) is 5.96 Å². The number of rotatable bonds is 3. The molecule has 0 saturated carbocycles. The average Bonchev–Trinajstić information content (AvgIpc) is 2.29. The highest BCUT2D eigenvalue weighted by molar-refractivity contribution is 14.0. The van der Waals surface area contributed by atoms with Crippen LogP contribution in [0, 0.1) is 0 Å². The van der Waals surface area contributed by atoms with Crippen molar-refractivity contribution in [2.24, 2.45) is 4.99 Å². The molecule has 5 heteroatoms. The minimum Gasteiger partial charge on any atom is -0.488 e. The summed E-state index contributed by atoms with van der Waals surface area (Å²) >= 11 is 0. The van der Waals surface area contributed by atoms with Gasteiger partial charge in [0.1, 0.15) is 11.4 Å². The van der Waals surface area contributed by atoms with E-state index in [1.54, 1.807) is 7.05 Å². The Morgan fingerprint density at radius 1 is 1.25 bits per heavy atom. The topological polar surface area (TPSA) is 36.9 Å². The molecule has 114 valence electrons. The monoisotopic (exact) mass is 391 g/mol. The predicted octanol–water partition coefficient (Wildman–Crippen LogP) is 3.12. The van der Waals surface area contributed by atoms with Crippen LogP contribution >= 0.6 is 24.0 Å². The quantitative estimate of drug-likeness (QED) is 0.489. The number of halogens is 1. The normalized spacial score (nSPS) is 11.6. The number of nitrogens with one attached hydrogen (secondary N) is 1. The molecule has 1 aromatic rings. The molecule has 0 fully saturated rings. The fourth-order valence-corrected chi connectivity index (χ4v) is 1.69. The van der Waals surface area contributed by atoms with Crippen molar-refractivity contribution in [2.75, 3.05) is 21.1 Å². The molecule has 0 bridgehead atoms. The summed E-state index contributed by atoms with van der Waals surface area (Å²) in [5, 5.41) is 3.31. The van der Waals surface area contributed by atoms with Gasteiger partial charge in [-0.2, -0.15) is 0 Å². The molecule has 1 rings (SSSR count). The van der Waals surface area contributed by atoms with Crippen LogP contribution in [-0.2, 0) is 6.54 Å². The fraction of sp³-hybridized carbons (Fsp3) is 0.533. The zero-order valence-corrected chi connectivity index (χ0v) is 15.6. The molecular formula is C15H26IN3O.